The Bertz CT molecular complexity index is 1090. The number of nitrogens with one attached hydrogen (secondary N) is 2. The number of rotatable bonds is 5. The van der Waals surface area contributed by atoms with Crippen LogP contribution in [0.4, 0.5) is 11.4 Å². The molecule has 27 heavy (non-hydrogen) atoms. The summed E-state index contributed by atoms with van der Waals surface area (Å²) in [7, 11) is -3.86. The number of halogens is 1. The first kappa shape index (κ1) is 18.9. The van der Waals surface area contributed by atoms with Crippen molar-refractivity contribution in [3.05, 3.63) is 83.1 Å². The largest absolute Gasteiger partial charge is 0.322 e. The second-order valence-electron chi connectivity index (χ2n) is 5.79. The zero-order valence-electron chi connectivity index (χ0n) is 14.3. The maximum Gasteiger partial charge on any atom is 0.262 e. The van der Waals surface area contributed by atoms with Gasteiger partial charge in [-0.3, -0.25) is 14.5 Å². The van der Waals surface area contributed by atoms with Crippen LogP contribution in [0.15, 0.2) is 71.9 Å². The Hall–Kier alpha value is -2.90. The SMILES string of the molecule is Cc1ccc(NC(=O)c2cccnc2)cc1S(=O)(=O)Nc1cccc(Cl)c1. The molecule has 1 amide bonds. The number of carbonyl (C=O) groups is 1. The molecule has 8 heteroatoms. The van der Waals surface area contributed by atoms with Crippen molar-refractivity contribution < 1.29 is 13.2 Å². The topological polar surface area (TPSA) is 88.2 Å². The number of anilines is 2. The average molecular weight is 402 g/mol. The van der Waals surface area contributed by atoms with Gasteiger partial charge in [0, 0.05) is 23.1 Å². The fraction of sp³-hybridized carbons (Fsp3) is 0.0526. The molecule has 1 aromatic heterocycles. The van der Waals surface area contributed by atoms with E-state index in [4.69, 9.17) is 11.6 Å². The Morgan fingerprint density at radius 3 is 2.56 bits per heavy atom. The van der Waals surface area contributed by atoms with Crippen LogP contribution in [0.3, 0.4) is 0 Å². The minimum absolute atomic E-state index is 0.0615. The lowest BCUT2D eigenvalue weighted by atomic mass is 10.2. The third-order valence-corrected chi connectivity index (χ3v) is 5.49. The van der Waals surface area contributed by atoms with Gasteiger partial charge >= 0.3 is 0 Å². The molecule has 138 valence electrons. The predicted octanol–water partition coefficient (Wildman–Crippen LogP) is 4.10. The fourth-order valence-corrected chi connectivity index (χ4v) is 3.94. The standard InChI is InChI=1S/C19H16ClN3O3S/c1-13-7-8-16(22-19(24)14-4-3-9-21-12-14)11-18(13)27(25,26)23-17-6-2-5-15(20)10-17/h2-12,23H,1H3,(H,22,24). The van der Waals surface area contributed by atoms with Gasteiger partial charge in [-0.05, 0) is 55.0 Å². The van der Waals surface area contributed by atoms with E-state index in [9.17, 15) is 13.2 Å². The van der Waals surface area contributed by atoms with Crippen molar-refractivity contribution in [3.63, 3.8) is 0 Å². The number of amides is 1. The van der Waals surface area contributed by atoms with Crippen molar-refractivity contribution in [2.75, 3.05) is 10.0 Å². The van der Waals surface area contributed by atoms with Gasteiger partial charge in [0.2, 0.25) is 0 Å². The normalized spacial score (nSPS) is 11.0. The van der Waals surface area contributed by atoms with E-state index >= 15 is 0 Å². The number of sulfonamides is 1. The first-order valence-electron chi connectivity index (χ1n) is 7.95. The quantitative estimate of drug-likeness (QED) is 0.673. The van der Waals surface area contributed by atoms with Crippen molar-refractivity contribution >= 4 is 38.9 Å². The monoisotopic (exact) mass is 401 g/mol. The summed E-state index contributed by atoms with van der Waals surface area (Å²) in [6.45, 7) is 1.68. The molecule has 0 fully saturated rings. The Kier molecular flexibility index (Phi) is 5.43. The second kappa shape index (κ2) is 7.77. The van der Waals surface area contributed by atoms with Gasteiger partial charge in [-0.25, -0.2) is 8.42 Å². The van der Waals surface area contributed by atoms with E-state index in [0.29, 0.717) is 27.5 Å². The highest BCUT2D eigenvalue weighted by Gasteiger charge is 2.18. The number of aryl methyl sites for hydroxylation is 1. The zero-order valence-corrected chi connectivity index (χ0v) is 15.9. The molecule has 0 unspecified atom stereocenters. The van der Waals surface area contributed by atoms with E-state index in [1.807, 2.05) is 0 Å². The van der Waals surface area contributed by atoms with E-state index in [-0.39, 0.29) is 10.8 Å². The molecule has 3 aromatic rings. The summed E-state index contributed by atoms with van der Waals surface area (Å²) in [5, 5.41) is 3.10. The lowest BCUT2D eigenvalue weighted by Gasteiger charge is -2.13. The molecule has 0 atom stereocenters. The van der Waals surface area contributed by atoms with Gasteiger partial charge in [-0.2, -0.15) is 0 Å². The molecule has 3 rings (SSSR count). The van der Waals surface area contributed by atoms with Crippen molar-refractivity contribution in [2.45, 2.75) is 11.8 Å². The summed E-state index contributed by atoms with van der Waals surface area (Å²) in [4.78, 5) is 16.2. The Morgan fingerprint density at radius 2 is 1.85 bits per heavy atom. The molecule has 0 aliphatic carbocycles. The minimum Gasteiger partial charge on any atom is -0.322 e. The highest BCUT2D eigenvalue weighted by molar-refractivity contribution is 7.92. The summed E-state index contributed by atoms with van der Waals surface area (Å²) >= 11 is 5.90. The smallest absolute Gasteiger partial charge is 0.262 e. The Morgan fingerprint density at radius 1 is 1.04 bits per heavy atom. The van der Waals surface area contributed by atoms with Crippen LogP contribution in [0.2, 0.25) is 5.02 Å². The first-order chi connectivity index (χ1) is 12.8. The number of aromatic nitrogens is 1. The second-order valence-corrected chi connectivity index (χ2v) is 7.88. The van der Waals surface area contributed by atoms with E-state index in [1.54, 1.807) is 55.6 Å². The summed E-state index contributed by atoms with van der Waals surface area (Å²) in [5.74, 6) is -0.377. The highest BCUT2D eigenvalue weighted by Crippen LogP contribution is 2.24. The molecule has 1 heterocycles. The summed E-state index contributed by atoms with van der Waals surface area (Å²) in [6.07, 6.45) is 3.00. The van der Waals surface area contributed by atoms with Crippen LogP contribution in [-0.2, 0) is 10.0 Å². The number of nitrogens with zero attached hydrogens (tertiary/aromatic N) is 1. The molecule has 0 saturated heterocycles. The molecule has 6 nitrogen and oxygen atoms in total. The van der Waals surface area contributed by atoms with Crippen LogP contribution in [0.5, 0.6) is 0 Å². The maximum atomic E-state index is 12.8. The van der Waals surface area contributed by atoms with Crippen LogP contribution in [-0.4, -0.2) is 19.3 Å². The first-order valence-corrected chi connectivity index (χ1v) is 9.82. The minimum atomic E-state index is -3.86. The van der Waals surface area contributed by atoms with Gasteiger partial charge in [-0.15, -0.1) is 0 Å². The predicted molar refractivity (Wildman–Crippen MR) is 106 cm³/mol. The number of hydrogen-bond donors (Lipinski definition) is 2. The molecule has 2 aromatic carbocycles. The van der Waals surface area contributed by atoms with E-state index < -0.39 is 10.0 Å². The number of hydrogen-bond acceptors (Lipinski definition) is 4. The van der Waals surface area contributed by atoms with Crippen LogP contribution < -0.4 is 10.0 Å². The molecule has 0 aliphatic heterocycles. The van der Waals surface area contributed by atoms with Gasteiger partial charge in [0.15, 0.2) is 0 Å². The lowest BCUT2D eigenvalue weighted by Crippen LogP contribution is -2.16. The van der Waals surface area contributed by atoms with Crippen molar-refractivity contribution in [1.29, 1.82) is 0 Å². The van der Waals surface area contributed by atoms with Gasteiger partial charge in [-0.1, -0.05) is 23.7 Å². The molecule has 0 aliphatic rings. The van der Waals surface area contributed by atoms with Crippen molar-refractivity contribution in [3.8, 4) is 0 Å². The van der Waals surface area contributed by atoms with Gasteiger partial charge in [0.05, 0.1) is 16.1 Å². The summed E-state index contributed by atoms with van der Waals surface area (Å²) in [5.41, 5.74) is 1.64. The third-order valence-electron chi connectivity index (χ3n) is 3.74. The van der Waals surface area contributed by atoms with E-state index in [1.165, 1.54) is 18.3 Å². The Balaban J connectivity index is 1.87. The zero-order chi connectivity index (χ0) is 19.4. The third kappa shape index (κ3) is 4.64. The van der Waals surface area contributed by atoms with Gasteiger partial charge < -0.3 is 5.32 Å². The van der Waals surface area contributed by atoms with Gasteiger partial charge in [0.1, 0.15) is 0 Å². The maximum absolute atomic E-state index is 12.8. The van der Waals surface area contributed by atoms with Crippen LogP contribution >= 0.6 is 11.6 Å². The molecule has 0 saturated carbocycles. The number of carbonyl (C=O) groups excluding carboxylic acids is 1. The molecule has 0 spiro atoms. The number of pyridine rings is 1. The molecule has 2 N–H and O–H groups in total. The van der Waals surface area contributed by atoms with Crippen LogP contribution in [0.1, 0.15) is 15.9 Å². The van der Waals surface area contributed by atoms with Gasteiger partial charge in [0.25, 0.3) is 15.9 Å². The lowest BCUT2D eigenvalue weighted by molar-refractivity contribution is 0.102. The Labute approximate surface area is 162 Å². The van der Waals surface area contributed by atoms with Crippen LogP contribution in [0, 0.1) is 6.92 Å². The van der Waals surface area contributed by atoms with E-state index in [0.717, 1.165) is 0 Å². The average Bonchev–Trinajstić information content (AvgIpc) is 2.63. The molecule has 0 radical (unpaired) electrons. The molecular weight excluding hydrogens is 386 g/mol. The van der Waals surface area contributed by atoms with Crippen molar-refractivity contribution in [2.24, 2.45) is 0 Å². The highest BCUT2D eigenvalue weighted by atomic mass is 35.5. The van der Waals surface area contributed by atoms with E-state index in [2.05, 4.69) is 15.0 Å². The fourth-order valence-electron chi connectivity index (χ4n) is 2.43. The summed E-state index contributed by atoms with van der Waals surface area (Å²) < 4.78 is 28.0. The molecule has 0 bridgehead atoms. The number of benzene rings is 2. The van der Waals surface area contributed by atoms with Crippen LogP contribution in [0.25, 0.3) is 0 Å². The summed E-state index contributed by atoms with van der Waals surface area (Å²) in [6, 6.07) is 14.4. The van der Waals surface area contributed by atoms with Crippen molar-refractivity contribution in [1.82, 2.24) is 4.98 Å². The molecular formula is C19H16ClN3O3S.